The second kappa shape index (κ2) is 10.8. The van der Waals surface area contributed by atoms with Gasteiger partial charge in [-0.1, -0.05) is 43.2 Å². The van der Waals surface area contributed by atoms with Crippen LogP contribution < -0.4 is 9.64 Å². The highest BCUT2D eigenvalue weighted by Crippen LogP contribution is 2.44. The molecule has 0 bridgehead atoms. The number of pyridine rings is 1. The van der Waals surface area contributed by atoms with E-state index in [1.54, 1.807) is 43.3 Å². The number of aromatic nitrogens is 2. The molecule has 0 radical (unpaired) electrons. The number of unbranched alkanes of at least 4 members (excludes halogenated alkanes) is 2. The molecular formula is C27H27N3O5S. The first-order chi connectivity index (χ1) is 17.3. The maximum Gasteiger partial charge on any atom is 0.301 e. The van der Waals surface area contributed by atoms with E-state index in [2.05, 4.69) is 16.9 Å². The van der Waals surface area contributed by atoms with Crippen molar-refractivity contribution in [2.45, 2.75) is 46.1 Å². The number of ketones is 2. The van der Waals surface area contributed by atoms with Gasteiger partial charge in [0.05, 0.1) is 28.8 Å². The lowest BCUT2D eigenvalue weighted by atomic mass is 9.95. The third-order valence-corrected chi connectivity index (χ3v) is 7.18. The van der Waals surface area contributed by atoms with Crippen molar-refractivity contribution in [1.82, 2.24) is 9.97 Å². The molecule has 186 valence electrons. The highest BCUT2D eigenvalue weighted by molar-refractivity contribution is 7.18. The molecule has 1 fully saturated rings. The number of benzene rings is 1. The average molecular weight is 506 g/mol. The third-order valence-electron chi connectivity index (χ3n) is 5.92. The first-order valence-electron chi connectivity index (χ1n) is 11.8. The standard InChI is InChI=1S/C27H27N3O5S/c1-4-5-6-15-35-20-9-7-18(8-10-20)22-21(23(32)19-11-13-28-14-12-19)24(33)26(34)30(22)27-29-16(2)25(36-27)17(3)31/h7-14,22,32H,4-6,15H2,1-3H3. The minimum atomic E-state index is -0.933. The minimum absolute atomic E-state index is 0.0555. The molecule has 8 nitrogen and oxygen atoms in total. The van der Waals surface area contributed by atoms with Crippen LogP contribution in [0.25, 0.3) is 5.76 Å². The van der Waals surface area contributed by atoms with Crippen LogP contribution in [0.2, 0.25) is 0 Å². The average Bonchev–Trinajstić information content (AvgIpc) is 3.39. The maximum atomic E-state index is 13.3. The van der Waals surface area contributed by atoms with E-state index in [4.69, 9.17) is 4.74 Å². The minimum Gasteiger partial charge on any atom is -0.507 e. The van der Waals surface area contributed by atoms with Crippen LogP contribution in [-0.4, -0.2) is 39.2 Å². The van der Waals surface area contributed by atoms with Crippen LogP contribution >= 0.6 is 11.3 Å². The van der Waals surface area contributed by atoms with Gasteiger partial charge in [-0.15, -0.1) is 0 Å². The van der Waals surface area contributed by atoms with Crippen LogP contribution in [0.1, 0.15) is 65.6 Å². The number of ether oxygens (including phenoxy) is 1. The van der Waals surface area contributed by atoms with Gasteiger partial charge in [0.1, 0.15) is 11.5 Å². The van der Waals surface area contributed by atoms with E-state index in [0.717, 1.165) is 30.6 Å². The number of thiazole rings is 1. The molecule has 0 aliphatic carbocycles. The Balaban J connectivity index is 1.80. The Morgan fingerprint density at radius 3 is 2.42 bits per heavy atom. The van der Waals surface area contributed by atoms with Crippen LogP contribution in [0.4, 0.5) is 5.13 Å². The molecule has 1 unspecified atom stereocenters. The summed E-state index contributed by atoms with van der Waals surface area (Å²) in [6, 6.07) is 9.29. The van der Waals surface area contributed by atoms with E-state index in [0.29, 0.717) is 34.1 Å². The number of nitrogens with zero attached hydrogens (tertiary/aromatic N) is 3. The molecular weight excluding hydrogens is 478 g/mol. The Morgan fingerprint density at radius 1 is 1.11 bits per heavy atom. The van der Waals surface area contributed by atoms with Crippen molar-refractivity contribution >= 4 is 39.7 Å². The quantitative estimate of drug-likeness (QED) is 0.139. The van der Waals surface area contributed by atoms with Gasteiger partial charge in [-0.3, -0.25) is 24.3 Å². The predicted octanol–water partition coefficient (Wildman–Crippen LogP) is 5.24. The summed E-state index contributed by atoms with van der Waals surface area (Å²) in [6.45, 7) is 5.84. The Morgan fingerprint density at radius 2 is 1.81 bits per heavy atom. The molecule has 2 aromatic heterocycles. The van der Waals surface area contributed by atoms with Crippen molar-refractivity contribution in [2.75, 3.05) is 11.5 Å². The van der Waals surface area contributed by atoms with Crippen LogP contribution in [0.3, 0.4) is 0 Å². The first kappa shape index (κ1) is 25.2. The van der Waals surface area contributed by atoms with E-state index in [1.807, 2.05) is 0 Å². The smallest absolute Gasteiger partial charge is 0.301 e. The summed E-state index contributed by atoms with van der Waals surface area (Å²) in [4.78, 5) is 48.6. The predicted molar refractivity (Wildman–Crippen MR) is 137 cm³/mol. The lowest BCUT2D eigenvalue weighted by Gasteiger charge is -2.23. The van der Waals surface area contributed by atoms with Crippen LogP contribution in [-0.2, 0) is 9.59 Å². The van der Waals surface area contributed by atoms with Gasteiger partial charge < -0.3 is 9.84 Å². The van der Waals surface area contributed by atoms with Crippen molar-refractivity contribution in [3.8, 4) is 5.75 Å². The lowest BCUT2D eigenvalue weighted by molar-refractivity contribution is -0.132. The normalized spacial score (nSPS) is 17.0. The Labute approximate surface area is 213 Å². The molecule has 3 aromatic rings. The number of anilines is 1. The lowest BCUT2D eigenvalue weighted by Crippen LogP contribution is -2.29. The fourth-order valence-corrected chi connectivity index (χ4v) is 5.10. The molecule has 3 heterocycles. The molecule has 1 saturated heterocycles. The van der Waals surface area contributed by atoms with E-state index in [9.17, 15) is 19.5 Å². The van der Waals surface area contributed by atoms with Crippen molar-refractivity contribution in [2.24, 2.45) is 0 Å². The second-order valence-corrected chi connectivity index (χ2v) is 9.47. The number of aliphatic hydroxyl groups excluding tert-OH is 1. The molecule has 1 N–H and O–H groups in total. The number of carbonyl (C=O) groups excluding carboxylic acids is 3. The number of hydrogen-bond acceptors (Lipinski definition) is 8. The number of hydrogen-bond donors (Lipinski definition) is 1. The summed E-state index contributed by atoms with van der Waals surface area (Å²) in [7, 11) is 0. The SMILES string of the molecule is CCCCCOc1ccc(C2C(=C(O)c3ccncc3)C(=O)C(=O)N2c2nc(C)c(C(C)=O)s2)cc1. The van der Waals surface area contributed by atoms with Crippen molar-refractivity contribution in [3.05, 3.63) is 76.1 Å². The zero-order chi connectivity index (χ0) is 25.8. The van der Waals surface area contributed by atoms with E-state index in [-0.39, 0.29) is 22.2 Å². The number of amides is 1. The zero-order valence-electron chi connectivity index (χ0n) is 20.4. The van der Waals surface area contributed by atoms with Crippen LogP contribution in [0.5, 0.6) is 5.75 Å². The Kier molecular flexibility index (Phi) is 7.59. The van der Waals surface area contributed by atoms with Gasteiger partial charge in [-0.05, 0) is 43.2 Å². The number of aliphatic hydroxyl groups is 1. The van der Waals surface area contributed by atoms with Crippen LogP contribution in [0, 0.1) is 6.92 Å². The Bertz CT molecular complexity index is 1310. The molecule has 1 aliphatic heterocycles. The fourth-order valence-electron chi connectivity index (χ4n) is 4.11. The summed E-state index contributed by atoms with van der Waals surface area (Å²) >= 11 is 1.05. The van der Waals surface area contributed by atoms with Crippen molar-refractivity contribution in [3.63, 3.8) is 0 Å². The van der Waals surface area contributed by atoms with Gasteiger partial charge in [0.15, 0.2) is 10.9 Å². The number of Topliss-reactive ketones (excluding diaryl/α,β-unsaturated/α-hetero) is 2. The van der Waals surface area contributed by atoms with E-state index in [1.165, 1.54) is 24.2 Å². The summed E-state index contributed by atoms with van der Waals surface area (Å²) in [5, 5.41) is 11.4. The highest BCUT2D eigenvalue weighted by atomic mass is 32.1. The Hall–Kier alpha value is -3.85. The van der Waals surface area contributed by atoms with Gasteiger partial charge in [-0.25, -0.2) is 4.98 Å². The molecule has 1 aromatic carbocycles. The van der Waals surface area contributed by atoms with Gasteiger partial charge in [0.25, 0.3) is 5.78 Å². The molecule has 1 atom stereocenters. The molecule has 36 heavy (non-hydrogen) atoms. The molecule has 9 heteroatoms. The number of carbonyl (C=O) groups is 3. The molecule has 4 rings (SSSR count). The van der Waals surface area contributed by atoms with E-state index < -0.39 is 17.7 Å². The summed E-state index contributed by atoms with van der Waals surface area (Å²) in [5.74, 6) is -1.45. The summed E-state index contributed by atoms with van der Waals surface area (Å²) in [6.07, 6.45) is 6.12. The monoisotopic (exact) mass is 505 g/mol. The largest absolute Gasteiger partial charge is 0.507 e. The number of rotatable bonds is 9. The van der Waals surface area contributed by atoms with Crippen LogP contribution in [0.15, 0.2) is 54.4 Å². The van der Waals surface area contributed by atoms with Gasteiger partial charge in [-0.2, -0.15) is 0 Å². The van der Waals surface area contributed by atoms with E-state index >= 15 is 0 Å². The third kappa shape index (κ3) is 4.92. The topological polar surface area (TPSA) is 110 Å². The first-order valence-corrected chi connectivity index (χ1v) is 12.6. The highest BCUT2D eigenvalue weighted by Gasteiger charge is 2.48. The fraction of sp³-hybridized carbons (Fsp3) is 0.296. The number of aryl methyl sites for hydroxylation is 1. The van der Waals surface area contributed by atoms with Crippen molar-refractivity contribution < 1.29 is 24.2 Å². The summed E-state index contributed by atoms with van der Waals surface area (Å²) < 4.78 is 5.80. The maximum absolute atomic E-state index is 13.3. The molecule has 0 saturated carbocycles. The second-order valence-electron chi connectivity index (χ2n) is 8.50. The van der Waals surface area contributed by atoms with Gasteiger partial charge in [0, 0.05) is 24.9 Å². The van der Waals surface area contributed by atoms with Crippen molar-refractivity contribution in [1.29, 1.82) is 0 Å². The summed E-state index contributed by atoms with van der Waals surface area (Å²) in [5.41, 5.74) is 1.39. The molecule has 0 spiro atoms. The van der Waals surface area contributed by atoms with Gasteiger partial charge >= 0.3 is 5.91 Å². The zero-order valence-corrected chi connectivity index (χ0v) is 21.2. The van der Waals surface area contributed by atoms with Gasteiger partial charge in [0.2, 0.25) is 0 Å². The molecule has 1 amide bonds. The molecule has 1 aliphatic rings.